The third-order valence-electron chi connectivity index (χ3n) is 2.94. The van der Waals surface area contributed by atoms with Gasteiger partial charge >= 0.3 is 5.63 Å². The van der Waals surface area contributed by atoms with Crippen LogP contribution in [0, 0.1) is 3.57 Å². The van der Waals surface area contributed by atoms with E-state index in [0.29, 0.717) is 22.5 Å². The minimum Gasteiger partial charge on any atom is -0.497 e. The van der Waals surface area contributed by atoms with Gasteiger partial charge in [0.2, 0.25) is 5.89 Å². The standard InChI is InChI=1S/C15H10INO3/c1-19-9-6-7-13-11(8-9)15(18)20-14(17-13)10-4-2-3-5-12(10)16/h2-8H,1H3. The van der Waals surface area contributed by atoms with Gasteiger partial charge in [-0.2, -0.15) is 0 Å². The molecule has 3 rings (SSSR count). The monoisotopic (exact) mass is 379 g/mol. The molecular formula is C15H10INO3. The number of fused-ring (bicyclic) bond motifs is 1. The second-order valence-electron chi connectivity index (χ2n) is 4.17. The molecule has 0 saturated heterocycles. The summed E-state index contributed by atoms with van der Waals surface area (Å²) in [5.41, 5.74) is 0.989. The number of hydrogen-bond acceptors (Lipinski definition) is 4. The van der Waals surface area contributed by atoms with Crippen LogP contribution in [0.3, 0.4) is 0 Å². The van der Waals surface area contributed by atoms with Crippen molar-refractivity contribution in [2.75, 3.05) is 7.11 Å². The highest BCUT2D eigenvalue weighted by Crippen LogP contribution is 2.24. The predicted octanol–water partition coefficient (Wildman–Crippen LogP) is 3.47. The molecule has 0 aliphatic rings. The van der Waals surface area contributed by atoms with Crippen molar-refractivity contribution in [3.63, 3.8) is 0 Å². The Balaban J connectivity index is 2.26. The Morgan fingerprint density at radius 3 is 2.75 bits per heavy atom. The molecule has 0 saturated carbocycles. The first-order valence-corrected chi connectivity index (χ1v) is 7.01. The van der Waals surface area contributed by atoms with E-state index in [-0.39, 0.29) is 0 Å². The Hall–Kier alpha value is -1.89. The van der Waals surface area contributed by atoms with Crippen molar-refractivity contribution >= 4 is 33.5 Å². The molecule has 0 spiro atoms. The van der Waals surface area contributed by atoms with E-state index >= 15 is 0 Å². The lowest BCUT2D eigenvalue weighted by Gasteiger charge is -2.05. The normalized spacial score (nSPS) is 10.7. The summed E-state index contributed by atoms with van der Waals surface area (Å²) in [4.78, 5) is 16.5. The average Bonchev–Trinajstić information content (AvgIpc) is 2.47. The van der Waals surface area contributed by atoms with Gasteiger partial charge in [-0.15, -0.1) is 0 Å². The minimum absolute atomic E-state index is 0.331. The van der Waals surface area contributed by atoms with Gasteiger partial charge in [0.1, 0.15) is 5.75 Å². The topological polar surface area (TPSA) is 52.3 Å². The fourth-order valence-electron chi connectivity index (χ4n) is 1.93. The van der Waals surface area contributed by atoms with Crippen LogP contribution < -0.4 is 10.4 Å². The first-order chi connectivity index (χ1) is 9.69. The Morgan fingerprint density at radius 2 is 2.00 bits per heavy atom. The quantitative estimate of drug-likeness (QED) is 0.640. The number of halogens is 1. The van der Waals surface area contributed by atoms with E-state index in [1.165, 1.54) is 0 Å². The molecule has 1 heterocycles. The SMILES string of the molecule is COc1ccc2nc(-c3ccccc3I)oc(=O)c2c1. The van der Waals surface area contributed by atoms with E-state index < -0.39 is 5.63 Å². The number of ether oxygens (including phenoxy) is 1. The lowest BCUT2D eigenvalue weighted by Crippen LogP contribution is -2.03. The number of methoxy groups -OCH3 is 1. The molecule has 20 heavy (non-hydrogen) atoms. The number of aromatic nitrogens is 1. The lowest BCUT2D eigenvalue weighted by molar-refractivity contribution is 0.415. The van der Waals surface area contributed by atoms with Crippen LogP contribution in [-0.4, -0.2) is 12.1 Å². The molecule has 0 atom stereocenters. The van der Waals surface area contributed by atoms with Gasteiger partial charge in [-0.1, -0.05) is 12.1 Å². The highest BCUT2D eigenvalue weighted by atomic mass is 127. The smallest absolute Gasteiger partial charge is 0.347 e. The van der Waals surface area contributed by atoms with Gasteiger partial charge in [0.25, 0.3) is 0 Å². The second-order valence-corrected chi connectivity index (χ2v) is 5.33. The van der Waals surface area contributed by atoms with Crippen molar-refractivity contribution in [3.05, 3.63) is 56.5 Å². The van der Waals surface area contributed by atoms with Crippen molar-refractivity contribution in [3.8, 4) is 17.2 Å². The third kappa shape index (κ3) is 2.29. The number of benzene rings is 2. The molecule has 0 radical (unpaired) electrons. The summed E-state index contributed by atoms with van der Waals surface area (Å²) in [5.74, 6) is 0.936. The van der Waals surface area contributed by atoms with Crippen molar-refractivity contribution in [2.45, 2.75) is 0 Å². The zero-order valence-electron chi connectivity index (χ0n) is 10.6. The van der Waals surface area contributed by atoms with E-state index in [1.807, 2.05) is 24.3 Å². The Kier molecular flexibility index (Phi) is 3.43. The van der Waals surface area contributed by atoms with Crippen molar-refractivity contribution in [1.29, 1.82) is 0 Å². The molecular weight excluding hydrogens is 369 g/mol. The van der Waals surface area contributed by atoms with Crippen LogP contribution in [0.5, 0.6) is 5.75 Å². The van der Waals surface area contributed by atoms with Gasteiger partial charge in [-0.3, -0.25) is 0 Å². The third-order valence-corrected chi connectivity index (χ3v) is 3.88. The number of nitrogens with zero attached hydrogens (tertiary/aromatic N) is 1. The van der Waals surface area contributed by atoms with E-state index in [2.05, 4.69) is 27.6 Å². The van der Waals surface area contributed by atoms with E-state index in [4.69, 9.17) is 9.15 Å². The molecule has 2 aromatic carbocycles. The summed E-state index contributed by atoms with van der Waals surface area (Å²) in [6.45, 7) is 0. The molecule has 0 N–H and O–H groups in total. The maximum absolute atomic E-state index is 12.1. The van der Waals surface area contributed by atoms with Gasteiger partial charge in [0.15, 0.2) is 0 Å². The molecule has 0 amide bonds. The average molecular weight is 379 g/mol. The van der Waals surface area contributed by atoms with E-state index in [1.54, 1.807) is 25.3 Å². The summed E-state index contributed by atoms with van der Waals surface area (Å²) in [5, 5.41) is 0.416. The molecule has 0 bridgehead atoms. The fourth-order valence-corrected chi connectivity index (χ4v) is 2.55. The minimum atomic E-state index is -0.413. The molecule has 4 nitrogen and oxygen atoms in total. The van der Waals surface area contributed by atoms with Crippen LogP contribution in [0.15, 0.2) is 51.7 Å². The molecule has 5 heteroatoms. The summed E-state index contributed by atoms with van der Waals surface area (Å²) in [6, 6.07) is 12.8. The Morgan fingerprint density at radius 1 is 1.20 bits per heavy atom. The first-order valence-electron chi connectivity index (χ1n) is 5.93. The van der Waals surface area contributed by atoms with Gasteiger partial charge < -0.3 is 9.15 Å². The van der Waals surface area contributed by atoms with Crippen LogP contribution >= 0.6 is 22.6 Å². The maximum Gasteiger partial charge on any atom is 0.347 e. The Bertz CT molecular complexity index is 842. The summed E-state index contributed by atoms with van der Waals surface area (Å²) < 4.78 is 11.4. The molecule has 0 aliphatic heterocycles. The summed E-state index contributed by atoms with van der Waals surface area (Å²) >= 11 is 2.19. The number of hydrogen-bond donors (Lipinski definition) is 0. The number of rotatable bonds is 2. The molecule has 0 unspecified atom stereocenters. The van der Waals surface area contributed by atoms with Crippen LogP contribution in [0.2, 0.25) is 0 Å². The first kappa shape index (κ1) is 13.1. The van der Waals surface area contributed by atoms with E-state index in [9.17, 15) is 4.79 Å². The van der Waals surface area contributed by atoms with Crippen LogP contribution in [0.1, 0.15) is 0 Å². The van der Waals surface area contributed by atoms with E-state index in [0.717, 1.165) is 9.13 Å². The van der Waals surface area contributed by atoms with Crippen LogP contribution in [0.25, 0.3) is 22.4 Å². The highest BCUT2D eigenvalue weighted by Gasteiger charge is 2.11. The summed E-state index contributed by atoms with van der Waals surface area (Å²) in [6.07, 6.45) is 0. The zero-order valence-corrected chi connectivity index (χ0v) is 12.7. The Labute approximate surface area is 128 Å². The summed E-state index contributed by atoms with van der Waals surface area (Å²) in [7, 11) is 1.55. The highest BCUT2D eigenvalue weighted by molar-refractivity contribution is 14.1. The molecule has 3 aromatic rings. The van der Waals surface area contributed by atoms with Crippen molar-refractivity contribution in [2.24, 2.45) is 0 Å². The van der Waals surface area contributed by atoms with Crippen LogP contribution in [0.4, 0.5) is 0 Å². The van der Waals surface area contributed by atoms with Crippen molar-refractivity contribution in [1.82, 2.24) is 4.98 Å². The van der Waals surface area contributed by atoms with Gasteiger partial charge in [-0.25, -0.2) is 9.78 Å². The predicted molar refractivity (Wildman–Crippen MR) is 85.0 cm³/mol. The second kappa shape index (κ2) is 5.24. The largest absolute Gasteiger partial charge is 0.497 e. The molecule has 100 valence electrons. The van der Waals surface area contributed by atoms with Crippen LogP contribution in [-0.2, 0) is 0 Å². The van der Waals surface area contributed by atoms with Crippen molar-refractivity contribution < 1.29 is 9.15 Å². The molecule has 0 aliphatic carbocycles. The maximum atomic E-state index is 12.1. The molecule has 0 fully saturated rings. The zero-order chi connectivity index (χ0) is 14.1. The molecule has 1 aromatic heterocycles. The van der Waals surface area contributed by atoms with Gasteiger partial charge in [0, 0.05) is 3.57 Å². The fraction of sp³-hybridized carbons (Fsp3) is 0.0667. The van der Waals surface area contributed by atoms with Gasteiger partial charge in [-0.05, 0) is 52.9 Å². The van der Waals surface area contributed by atoms with Gasteiger partial charge in [0.05, 0.1) is 23.6 Å². The lowest BCUT2D eigenvalue weighted by atomic mass is 10.2.